The number of nitrogens with zero attached hydrogens (tertiary/aromatic N) is 4. The van der Waals surface area contributed by atoms with Crippen LogP contribution in [0.25, 0.3) is 22.6 Å². The number of carbonyl (C=O) groups is 2. The van der Waals surface area contributed by atoms with Crippen LogP contribution in [0.2, 0.25) is 18.1 Å². The number of likely N-dealkylation sites (tertiary alicyclic amines) is 1. The van der Waals surface area contributed by atoms with Crippen LogP contribution < -0.4 is 15.4 Å². The first-order valence-electron chi connectivity index (χ1n) is 18.0. The number of amides is 1. The molecule has 0 aliphatic carbocycles. The van der Waals surface area contributed by atoms with Gasteiger partial charge in [0, 0.05) is 36.8 Å². The smallest absolute Gasteiger partial charge is 0.409 e. The van der Waals surface area contributed by atoms with Gasteiger partial charge in [0.1, 0.15) is 29.5 Å². The molecule has 52 heavy (non-hydrogen) atoms. The van der Waals surface area contributed by atoms with E-state index >= 15 is 0 Å². The number of hydrogen-bond donors (Lipinski definition) is 2. The zero-order valence-corrected chi connectivity index (χ0v) is 34.1. The Bertz CT molecular complexity index is 1670. The fraction of sp³-hybridized carbons (Fsp3) is 0.605. The van der Waals surface area contributed by atoms with Crippen molar-refractivity contribution in [2.24, 2.45) is 0 Å². The monoisotopic (exact) mass is 738 g/mol. The fourth-order valence-electron chi connectivity index (χ4n) is 5.73. The second kappa shape index (κ2) is 16.8. The lowest BCUT2D eigenvalue weighted by atomic mass is 10.0. The molecule has 286 valence electrons. The first kappa shape index (κ1) is 40.8. The molecular weight excluding hydrogens is 681 g/mol. The van der Waals surface area contributed by atoms with Gasteiger partial charge < -0.3 is 38.7 Å². The van der Waals surface area contributed by atoms with Gasteiger partial charge in [-0.25, -0.2) is 14.8 Å². The van der Waals surface area contributed by atoms with Crippen molar-refractivity contribution in [3.63, 3.8) is 0 Å². The molecule has 1 aliphatic heterocycles. The fourth-order valence-corrected chi connectivity index (χ4v) is 7.07. The second-order valence-corrected chi connectivity index (χ2v) is 20.8. The number of aromatic nitrogens is 3. The SMILES string of the molecule is COC(=O)N1CCC(Nc2nc(-c3cccc(OCC(CNCC(=O)OC(C)(C)C)O[Si](C)(C)C(C)(C)C)c3)nc(-c3c(C)noc3C)c2C)CC1. The second-order valence-electron chi connectivity index (χ2n) is 16.0. The highest BCUT2D eigenvalue weighted by Gasteiger charge is 2.39. The number of benzene rings is 1. The molecule has 4 rings (SSSR count). The third-order valence-corrected chi connectivity index (χ3v) is 14.1. The van der Waals surface area contributed by atoms with E-state index in [2.05, 4.69) is 49.7 Å². The quantitative estimate of drug-likeness (QED) is 0.136. The van der Waals surface area contributed by atoms with E-state index in [4.69, 9.17) is 33.1 Å². The van der Waals surface area contributed by atoms with Crippen LogP contribution in [-0.2, 0) is 18.7 Å². The van der Waals surface area contributed by atoms with Gasteiger partial charge in [-0.1, -0.05) is 38.1 Å². The number of anilines is 1. The molecule has 0 bridgehead atoms. The number of piperidine rings is 1. The lowest BCUT2D eigenvalue weighted by Gasteiger charge is -2.39. The molecule has 0 spiro atoms. The minimum absolute atomic E-state index is 0.0118. The summed E-state index contributed by atoms with van der Waals surface area (Å²) >= 11 is 0. The minimum atomic E-state index is -2.17. The zero-order chi connectivity index (χ0) is 38.4. The Labute approximate surface area is 309 Å². The van der Waals surface area contributed by atoms with Crippen molar-refractivity contribution in [2.45, 2.75) is 111 Å². The highest BCUT2D eigenvalue weighted by Crippen LogP contribution is 2.38. The van der Waals surface area contributed by atoms with E-state index in [0.29, 0.717) is 42.8 Å². The summed E-state index contributed by atoms with van der Waals surface area (Å²) in [5.74, 6) is 2.23. The standard InChI is InChI=1S/C38H58N6O7Si/c1-24-33(32-25(2)43-50-26(32)3)41-35(42-34(24)40-28-16-18-44(19-17-28)36(46)47-10)27-14-13-15-29(20-27)48-23-30(51-52(11,12)38(7,8)9)21-39-22-31(45)49-37(4,5)6/h13-15,20,28,30,39H,16-19,21-23H2,1-12H3,(H,40,41,42). The van der Waals surface area contributed by atoms with Crippen LogP contribution in [0.5, 0.6) is 5.75 Å². The third-order valence-electron chi connectivity index (χ3n) is 9.54. The van der Waals surface area contributed by atoms with E-state index in [0.717, 1.165) is 40.9 Å². The van der Waals surface area contributed by atoms with Crippen molar-refractivity contribution < 1.29 is 32.7 Å². The van der Waals surface area contributed by atoms with Crippen LogP contribution in [0.4, 0.5) is 10.6 Å². The van der Waals surface area contributed by atoms with Crippen molar-refractivity contribution in [2.75, 3.05) is 45.2 Å². The molecule has 13 nitrogen and oxygen atoms in total. The number of methoxy groups -OCH3 is 1. The highest BCUT2D eigenvalue weighted by atomic mass is 28.4. The normalized spacial score (nSPS) is 15.0. The average Bonchev–Trinajstić information content (AvgIpc) is 3.40. The molecule has 1 aliphatic rings. The van der Waals surface area contributed by atoms with Crippen LogP contribution in [0.3, 0.4) is 0 Å². The Kier molecular flexibility index (Phi) is 13.1. The van der Waals surface area contributed by atoms with Crippen molar-refractivity contribution in [1.29, 1.82) is 0 Å². The van der Waals surface area contributed by atoms with E-state index in [1.807, 2.05) is 65.8 Å². The molecule has 1 fully saturated rings. The number of rotatable bonds is 13. The molecule has 2 N–H and O–H groups in total. The predicted octanol–water partition coefficient (Wildman–Crippen LogP) is 7.07. The Hall–Kier alpha value is -4.01. The van der Waals surface area contributed by atoms with Crippen LogP contribution in [0.1, 0.15) is 71.4 Å². The largest absolute Gasteiger partial charge is 0.491 e. The van der Waals surface area contributed by atoms with Crippen molar-refractivity contribution in [1.82, 2.24) is 25.3 Å². The van der Waals surface area contributed by atoms with Crippen LogP contribution in [0, 0.1) is 20.8 Å². The maximum absolute atomic E-state index is 12.4. The number of carbonyl (C=O) groups excluding carboxylic acids is 2. The molecule has 1 amide bonds. The highest BCUT2D eigenvalue weighted by molar-refractivity contribution is 6.74. The van der Waals surface area contributed by atoms with E-state index in [1.54, 1.807) is 4.90 Å². The Morgan fingerprint density at radius 2 is 1.75 bits per heavy atom. The van der Waals surface area contributed by atoms with Crippen LogP contribution in [0.15, 0.2) is 28.8 Å². The van der Waals surface area contributed by atoms with E-state index in [-0.39, 0.29) is 42.4 Å². The van der Waals surface area contributed by atoms with Gasteiger partial charge in [0.25, 0.3) is 0 Å². The summed E-state index contributed by atoms with van der Waals surface area (Å²) in [4.78, 5) is 36.2. The van der Waals surface area contributed by atoms with Gasteiger partial charge in [-0.05, 0) is 84.6 Å². The predicted molar refractivity (Wildman–Crippen MR) is 204 cm³/mol. The van der Waals surface area contributed by atoms with Gasteiger partial charge in [0.2, 0.25) is 0 Å². The van der Waals surface area contributed by atoms with E-state index in [1.165, 1.54) is 7.11 Å². The van der Waals surface area contributed by atoms with Gasteiger partial charge >= 0.3 is 12.1 Å². The lowest BCUT2D eigenvalue weighted by Crippen LogP contribution is -2.48. The van der Waals surface area contributed by atoms with Crippen molar-refractivity contribution in [3.05, 3.63) is 41.3 Å². The molecule has 2 aromatic heterocycles. The summed E-state index contributed by atoms with van der Waals surface area (Å²) in [5, 5.41) is 11.0. The molecule has 1 atom stereocenters. The molecule has 0 saturated carbocycles. The number of ether oxygens (including phenoxy) is 3. The van der Waals surface area contributed by atoms with Gasteiger partial charge in [-0.3, -0.25) is 4.79 Å². The Morgan fingerprint density at radius 1 is 1.06 bits per heavy atom. The van der Waals surface area contributed by atoms with E-state index < -0.39 is 13.9 Å². The molecule has 3 heterocycles. The molecule has 1 saturated heterocycles. The molecule has 14 heteroatoms. The molecule has 1 unspecified atom stereocenters. The van der Waals surface area contributed by atoms with E-state index in [9.17, 15) is 9.59 Å². The van der Waals surface area contributed by atoms with Gasteiger partial charge in [0.15, 0.2) is 14.1 Å². The number of hydrogen-bond acceptors (Lipinski definition) is 12. The van der Waals surface area contributed by atoms with Gasteiger partial charge in [-0.15, -0.1) is 0 Å². The van der Waals surface area contributed by atoms with Crippen molar-refractivity contribution >= 4 is 26.2 Å². The topological polar surface area (TPSA) is 150 Å². The summed E-state index contributed by atoms with van der Waals surface area (Å²) in [6.45, 7) is 24.3. The summed E-state index contributed by atoms with van der Waals surface area (Å²) in [7, 11) is -0.765. The van der Waals surface area contributed by atoms with Gasteiger partial charge in [0.05, 0.1) is 36.7 Å². The molecular formula is C38H58N6O7Si. The third kappa shape index (κ3) is 10.8. The first-order valence-corrected chi connectivity index (χ1v) is 20.9. The molecule has 1 aromatic carbocycles. The zero-order valence-electron chi connectivity index (χ0n) is 33.1. The average molecular weight is 739 g/mol. The number of nitrogens with one attached hydrogen (secondary N) is 2. The minimum Gasteiger partial charge on any atom is -0.491 e. The lowest BCUT2D eigenvalue weighted by molar-refractivity contribution is -0.153. The van der Waals surface area contributed by atoms with Crippen LogP contribution >= 0.6 is 0 Å². The number of esters is 1. The summed E-state index contributed by atoms with van der Waals surface area (Å²) in [6.07, 6.45) is 0.886. The summed E-state index contributed by atoms with van der Waals surface area (Å²) in [5.41, 5.74) is 3.42. The first-order chi connectivity index (χ1) is 24.3. The van der Waals surface area contributed by atoms with Crippen molar-refractivity contribution in [3.8, 4) is 28.4 Å². The number of aryl methyl sites for hydroxylation is 2. The maximum atomic E-state index is 12.4. The van der Waals surface area contributed by atoms with Crippen LogP contribution in [-0.4, -0.2) is 98.0 Å². The van der Waals surface area contributed by atoms with Gasteiger partial charge in [-0.2, -0.15) is 0 Å². The Morgan fingerprint density at radius 3 is 2.35 bits per heavy atom. The Balaban J connectivity index is 1.58. The summed E-state index contributed by atoms with van der Waals surface area (Å²) in [6, 6.07) is 7.82. The molecule has 3 aromatic rings. The summed E-state index contributed by atoms with van der Waals surface area (Å²) < 4.78 is 29.1. The molecule has 0 radical (unpaired) electrons. The maximum Gasteiger partial charge on any atom is 0.409 e.